The summed E-state index contributed by atoms with van der Waals surface area (Å²) in [6.45, 7) is 3.72. The fourth-order valence-corrected chi connectivity index (χ4v) is 5.26. The molecule has 0 heterocycles. The number of nitro groups is 2. The molecule has 0 bridgehead atoms. The fraction of sp³-hybridized carbons (Fsp3) is 0.133. The normalized spacial score (nSPS) is 10.7. The van der Waals surface area contributed by atoms with Gasteiger partial charge in [0, 0.05) is 47.7 Å². The van der Waals surface area contributed by atoms with Crippen LogP contribution >= 0.6 is 31.9 Å². The second-order valence-corrected chi connectivity index (χ2v) is 11.0. The van der Waals surface area contributed by atoms with Crippen molar-refractivity contribution in [2.75, 3.05) is 22.9 Å². The lowest BCUT2D eigenvalue weighted by Gasteiger charge is -2.30. The van der Waals surface area contributed by atoms with E-state index in [-0.39, 0.29) is 44.5 Å². The monoisotopic (exact) mass is 694 g/mol. The van der Waals surface area contributed by atoms with Crippen molar-refractivity contribution < 1.29 is 19.4 Å². The Balaban J connectivity index is 1.77. The molecule has 0 aliphatic rings. The molecule has 4 aromatic carbocycles. The number of hydrogen-bond donors (Lipinski definition) is 0. The van der Waals surface area contributed by atoms with E-state index in [1.807, 2.05) is 38.1 Å². The maximum atomic E-state index is 13.9. The van der Waals surface area contributed by atoms with Gasteiger partial charge in [-0.3, -0.25) is 29.8 Å². The van der Waals surface area contributed by atoms with Crippen molar-refractivity contribution >= 4 is 66.4 Å². The number of amides is 2. The maximum Gasteiger partial charge on any atom is 0.284 e. The Bertz CT molecular complexity index is 1590. The van der Waals surface area contributed by atoms with Gasteiger partial charge < -0.3 is 9.80 Å². The number of carbonyl (C=O) groups is 2. The van der Waals surface area contributed by atoms with Crippen LogP contribution in [0.4, 0.5) is 22.7 Å². The van der Waals surface area contributed by atoms with E-state index >= 15 is 0 Å². The molecular weight excluding hydrogens is 672 g/mol. The number of benzene rings is 4. The first-order chi connectivity index (χ1) is 20.0. The molecule has 4 aromatic rings. The molecule has 0 aliphatic carbocycles. The Kier molecular flexibility index (Phi) is 9.48. The minimum Gasteiger partial charge on any atom is -0.306 e. The number of nitrogens with zero attached hydrogens (tertiary/aromatic N) is 4. The SMILES string of the molecule is Cc1ccccc1N(CCN(C(=O)c1ccc(Br)c([N+](=O)[O-])c1)c1ccccc1C)C(=O)c1ccc(Br)c([N+](=O)[O-])c1. The molecule has 0 spiro atoms. The van der Waals surface area contributed by atoms with Crippen molar-refractivity contribution in [3.8, 4) is 0 Å². The molecule has 214 valence electrons. The molecule has 2 amide bonds. The van der Waals surface area contributed by atoms with E-state index in [1.54, 1.807) is 24.3 Å². The van der Waals surface area contributed by atoms with Gasteiger partial charge in [0.25, 0.3) is 23.2 Å². The highest BCUT2D eigenvalue weighted by Crippen LogP contribution is 2.30. The highest BCUT2D eigenvalue weighted by atomic mass is 79.9. The molecule has 0 radical (unpaired) electrons. The zero-order valence-electron chi connectivity index (χ0n) is 22.5. The summed E-state index contributed by atoms with van der Waals surface area (Å²) in [5.41, 5.74) is 2.42. The molecular formula is C30H24Br2N4O6. The van der Waals surface area contributed by atoms with E-state index < -0.39 is 21.7 Å². The smallest absolute Gasteiger partial charge is 0.284 e. The van der Waals surface area contributed by atoms with Crippen molar-refractivity contribution in [1.82, 2.24) is 0 Å². The van der Waals surface area contributed by atoms with Crippen LogP contribution in [0.15, 0.2) is 93.9 Å². The Morgan fingerprint density at radius 3 is 1.33 bits per heavy atom. The summed E-state index contributed by atoms with van der Waals surface area (Å²) in [6.07, 6.45) is 0. The quantitative estimate of drug-likeness (QED) is 0.131. The van der Waals surface area contributed by atoms with Crippen LogP contribution in [0.3, 0.4) is 0 Å². The molecule has 0 fully saturated rings. The third kappa shape index (κ3) is 6.55. The number of halogens is 2. The van der Waals surface area contributed by atoms with Crippen LogP contribution in [-0.4, -0.2) is 34.8 Å². The molecule has 10 nitrogen and oxygen atoms in total. The van der Waals surface area contributed by atoms with E-state index in [4.69, 9.17) is 0 Å². The maximum absolute atomic E-state index is 13.9. The van der Waals surface area contributed by atoms with E-state index in [0.717, 1.165) is 11.1 Å². The Labute approximate surface area is 258 Å². The number of aryl methyl sites for hydroxylation is 2. The Morgan fingerprint density at radius 2 is 1.00 bits per heavy atom. The lowest BCUT2D eigenvalue weighted by atomic mass is 10.1. The van der Waals surface area contributed by atoms with Crippen LogP contribution in [0.1, 0.15) is 31.8 Å². The number of anilines is 2. The predicted octanol–water partition coefficient (Wildman–Crippen LogP) is 7.64. The average Bonchev–Trinajstić information content (AvgIpc) is 2.96. The minimum absolute atomic E-state index is 0.0201. The number of para-hydroxylation sites is 2. The second-order valence-electron chi connectivity index (χ2n) is 9.33. The third-order valence-electron chi connectivity index (χ3n) is 6.63. The van der Waals surface area contributed by atoms with Crippen LogP contribution in [0.5, 0.6) is 0 Å². The summed E-state index contributed by atoms with van der Waals surface area (Å²) >= 11 is 6.31. The van der Waals surface area contributed by atoms with Gasteiger partial charge in [-0.2, -0.15) is 0 Å². The third-order valence-corrected chi connectivity index (χ3v) is 7.97. The topological polar surface area (TPSA) is 127 Å². The molecule has 0 aliphatic heterocycles. The summed E-state index contributed by atoms with van der Waals surface area (Å²) in [5, 5.41) is 23.1. The van der Waals surface area contributed by atoms with Gasteiger partial charge in [0.05, 0.1) is 18.8 Å². The van der Waals surface area contributed by atoms with Gasteiger partial charge in [0.15, 0.2) is 0 Å². The molecule has 0 saturated carbocycles. The van der Waals surface area contributed by atoms with Gasteiger partial charge in [-0.05, 0) is 93.2 Å². The molecule has 42 heavy (non-hydrogen) atoms. The van der Waals surface area contributed by atoms with Gasteiger partial charge >= 0.3 is 0 Å². The van der Waals surface area contributed by atoms with E-state index in [9.17, 15) is 29.8 Å². The molecule has 0 aromatic heterocycles. The second kappa shape index (κ2) is 13.0. The van der Waals surface area contributed by atoms with E-state index in [1.165, 1.54) is 46.2 Å². The molecule has 0 saturated heterocycles. The zero-order valence-corrected chi connectivity index (χ0v) is 25.7. The zero-order chi connectivity index (χ0) is 30.6. The highest BCUT2D eigenvalue weighted by molar-refractivity contribution is 9.11. The number of hydrogen-bond acceptors (Lipinski definition) is 6. The van der Waals surface area contributed by atoms with Gasteiger partial charge in [-0.1, -0.05) is 36.4 Å². The predicted molar refractivity (Wildman–Crippen MR) is 167 cm³/mol. The van der Waals surface area contributed by atoms with Crippen molar-refractivity contribution in [3.05, 3.63) is 136 Å². The van der Waals surface area contributed by atoms with E-state index in [2.05, 4.69) is 31.9 Å². The Hall–Kier alpha value is -4.42. The van der Waals surface area contributed by atoms with Gasteiger partial charge in [-0.25, -0.2) is 0 Å². The van der Waals surface area contributed by atoms with Crippen molar-refractivity contribution in [2.24, 2.45) is 0 Å². The number of nitro benzene ring substituents is 2. The summed E-state index contributed by atoms with van der Waals surface area (Å²) in [6, 6.07) is 22.7. The standard InChI is InChI=1S/C30H24Br2N4O6/c1-19-7-3-5-9-25(19)33(29(37)21-11-13-23(31)27(17-21)35(39)40)15-16-34(26-10-6-4-8-20(26)2)30(38)22-12-14-24(32)28(18-22)36(41)42/h3-14,17-18H,15-16H2,1-2H3. The van der Waals surface area contributed by atoms with Crippen LogP contribution in [-0.2, 0) is 0 Å². The first-order valence-corrected chi connectivity index (χ1v) is 14.2. The van der Waals surface area contributed by atoms with Crippen molar-refractivity contribution in [2.45, 2.75) is 13.8 Å². The Morgan fingerprint density at radius 1 is 0.643 bits per heavy atom. The largest absolute Gasteiger partial charge is 0.306 e. The molecule has 12 heteroatoms. The van der Waals surface area contributed by atoms with Gasteiger partial charge in [0.2, 0.25) is 0 Å². The van der Waals surface area contributed by atoms with Gasteiger partial charge in [0.1, 0.15) is 0 Å². The van der Waals surface area contributed by atoms with Crippen LogP contribution < -0.4 is 9.80 Å². The summed E-state index contributed by atoms with van der Waals surface area (Å²) < 4.78 is 0.484. The summed E-state index contributed by atoms with van der Waals surface area (Å²) in [5.74, 6) is -0.979. The molecule has 0 unspecified atom stereocenters. The summed E-state index contributed by atoms with van der Waals surface area (Å²) in [7, 11) is 0. The molecule has 0 atom stereocenters. The first kappa shape index (κ1) is 30.5. The van der Waals surface area contributed by atoms with Crippen molar-refractivity contribution in [1.29, 1.82) is 0 Å². The molecule has 4 rings (SSSR count). The van der Waals surface area contributed by atoms with Crippen LogP contribution in [0, 0.1) is 34.1 Å². The summed E-state index contributed by atoms with van der Waals surface area (Å²) in [4.78, 5) is 52.7. The fourth-order valence-electron chi connectivity index (χ4n) is 4.48. The number of carbonyl (C=O) groups excluding carboxylic acids is 2. The lowest BCUT2D eigenvalue weighted by molar-refractivity contribution is -0.385. The first-order valence-electron chi connectivity index (χ1n) is 12.6. The van der Waals surface area contributed by atoms with Gasteiger partial charge in [-0.15, -0.1) is 0 Å². The highest BCUT2D eigenvalue weighted by Gasteiger charge is 2.27. The molecule has 0 N–H and O–H groups in total. The number of rotatable bonds is 9. The average molecular weight is 696 g/mol. The minimum atomic E-state index is -0.574. The van der Waals surface area contributed by atoms with Crippen LogP contribution in [0.25, 0.3) is 0 Å². The van der Waals surface area contributed by atoms with Crippen molar-refractivity contribution in [3.63, 3.8) is 0 Å². The van der Waals surface area contributed by atoms with E-state index in [0.29, 0.717) is 11.4 Å². The van der Waals surface area contributed by atoms with Crippen LogP contribution in [0.2, 0.25) is 0 Å². The lowest BCUT2D eigenvalue weighted by Crippen LogP contribution is -2.42.